The van der Waals surface area contributed by atoms with Crippen LogP contribution >= 0.6 is 0 Å². The van der Waals surface area contributed by atoms with Gasteiger partial charge in [0.15, 0.2) is 0 Å². The van der Waals surface area contributed by atoms with E-state index < -0.39 is 0 Å². The quantitative estimate of drug-likeness (QED) is 0.207. The van der Waals surface area contributed by atoms with Crippen LogP contribution in [0.3, 0.4) is 0 Å². The molecule has 0 amide bonds. The molecule has 0 aromatic heterocycles. The summed E-state index contributed by atoms with van der Waals surface area (Å²) in [5.74, 6) is 0. The molecule has 0 saturated heterocycles. The van der Waals surface area contributed by atoms with Crippen LogP contribution in [0.5, 0.6) is 0 Å². The molecule has 0 radical (unpaired) electrons. The largest absolute Gasteiger partial charge is 0.0622 e. The van der Waals surface area contributed by atoms with E-state index in [0.29, 0.717) is 0 Å². The lowest BCUT2D eigenvalue weighted by Crippen LogP contribution is -1.88. The van der Waals surface area contributed by atoms with Gasteiger partial charge in [0.1, 0.15) is 0 Å². The summed E-state index contributed by atoms with van der Waals surface area (Å²) in [5.41, 5.74) is 2.60. The van der Waals surface area contributed by atoms with Gasteiger partial charge in [0.05, 0.1) is 0 Å². The molecule has 6 rings (SSSR count). The number of hydrogen-bond acceptors (Lipinski definition) is 0. The normalized spacial score (nSPS) is 11.6. The maximum Gasteiger partial charge on any atom is -0.00143 e. The maximum atomic E-state index is 2.34. The summed E-state index contributed by atoms with van der Waals surface area (Å²) in [6.45, 7) is 0. The van der Waals surface area contributed by atoms with Crippen LogP contribution in [0.1, 0.15) is 0 Å². The van der Waals surface area contributed by atoms with Crippen LogP contribution in [0.4, 0.5) is 0 Å². The topological polar surface area (TPSA) is 0 Å². The molecule has 0 atom stereocenters. The van der Waals surface area contributed by atoms with E-state index in [4.69, 9.17) is 0 Å². The Bertz CT molecular complexity index is 1400. The molecule has 0 N–H and O–H groups in total. The molecule has 130 valence electrons. The molecular weight excluding hydrogens is 336 g/mol. The van der Waals surface area contributed by atoms with E-state index in [0.717, 1.165) is 0 Å². The monoisotopic (exact) mass is 354 g/mol. The first-order chi connectivity index (χ1) is 13.9. The summed E-state index contributed by atoms with van der Waals surface area (Å²) >= 11 is 0. The Labute approximate surface area is 163 Å². The first-order valence-corrected chi connectivity index (χ1v) is 9.71. The van der Waals surface area contributed by atoms with Gasteiger partial charge in [0, 0.05) is 0 Å². The molecule has 6 aromatic rings. The van der Waals surface area contributed by atoms with Gasteiger partial charge in [-0.15, -0.1) is 0 Å². The Morgan fingerprint density at radius 1 is 0.357 bits per heavy atom. The van der Waals surface area contributed by atoms with Gasteiger partial charge < -0.3 is 0 Å². The minimum Gasteiger partial charge on any atom is -0.0622 e. The molecule has 0 aliphatic rings. The fourth-order valence-corrected chi connectivity index (χ4v) is 4.56. The van der Waals surface area contributed by atoms with E-state index in [9.17, 15) is 0 Å². The maximum absolute atomic E-state index is 2.34. The van der Waals surface area contributed by atoms with Crippen molar-refractivity contribution in [1.29, 1.82) is 0 Å². The van der Waals surface area contributed by atoms with Crippen LogP contribution in [0.2, 0.25) is 0 Å². The van der Waals surface area contributed by atoms with E-state index in [2.05, 4.69) is 109 Å². The fourth-order valence-electron chi connectivity index (χ4n) is 4.56. The van der Waals surface area contributed by atoms with Gasteiger partial charge >= 0.3 is 0 Å². The Morgan fingerprint density at radius 3 is 1.39 bits per heavy atom. The molecule has 0 heterocycles. The first kappa shape index (κ1) is 15.4. The van der Waals surface area contributed by atoms with E-state index in [-0.39, 0.29) is 0 Å². The van der Waals surface area contributed by atoms with Crippen molar-refractivity contribution in [2.45, 2.75) is 0 Å². The first-order valence-electron chi connectivity index (χ1n) is 9.71. The number of hydrogen-bond donors (Lipinski definition) is 0. The van der Waals surface area contributed by atoms with Crippen LogP contribution in [-0.2, 0) is 0 Å². The summed E-state index contributed by atoms with van der Waals surface area (Å²) in [7, 11) is 0. The summed E-state index contributed by atoms with van der Waals surface area (Å²) in [6, 6.07) is 39.6. The average molecular weight is 354 g/mol. The Kier molecular flexibility index (Phi) is 3.27. The highest BCUT2D eigenvalue weighted by Crippen LogP contribution is 2.42. The zero-order valence-electron chi connectivity index (χ0n) is 15.4. The Balaban J connectivity index is 1.97. The van der Waals surface area contributed by atoms with Crippen molar-refractivity contribution in [3.8, 4) is 11.1 Å². The fraction of sp³-hybridized carbons (Fsp3) is 0. The van der Waals surface area contributed by atoms with Crippen LogP contribution in [0.15, 0.2) is 109 Å². The van der Waals surface area contributed by atoms with Gasteiger partial charge in [-0.2, -0.15) is 0 Å². The lowest BCUT2D eigenvalue weighted by Gasteiger charge is -2.16. The highest BCUT2D eigenvalue weighted by Gasteiger charge is 2.14. The van der Waals surface area contributed by atoms with Crippen molar-refractivity contribution in [2.75, 3.05) is 0 Å². The summed E-state index contributed by atoms with van der Waals surface area (Å²) in [4.78, 5) is 0. The predicted molar refractivity (Wildman–Crippen MR) is 122 cm³/mol. The van der Waals surface area contributed by atoms with Gasteiger partial charge in [0.2, 0.25) is 0 Å². The molecule has 0 aliphatic heterocycles. The van der Waals surface area contributed by atoms with Crippen molar-refractivity contribution in [3.05, 3.63) is 109 Å². The summed E-state index contributed by atoms with van der Waals surface area (Å²) in [5, 5.41) is 10.5. The summed E-state index contributed by atoms with van der Waals surface area (Å²) < 4.78 is 0. The molecule has 0 unspecified atom stereocenters. The molecule has 0 saturated carbocycles. The standard InChI is InChI=1S/C28H18/c1-2-10-21(11-3-1)28-26-22(16-14-19-8-4-6-12-24(19)26)18-23-17-15-20-9-5-7-13-25(20)27(23)28/h1-18H. The molecule has 0 fully saturated rings. The third-order valence-electron chi connectivity index (χ3n) is 5.80. The van der Waals surface area contributed by atoms with Gasteiger partial charge in [-0.05, 0) is 60.3 Å². The third-order valence-corrected chi connectivity index (χ3v) is 5.80. The number of rotatable bonds is 1. The van der Waals surface area contributed by atoms with Crippen LogP contribution in [-0.4, -0.2) is 0 Å². The van der Waals surface area contributed by atoms with Crippen molar-refractivity contribution >= 4 is 43.1 Å². The molecule has 6 aromatic carbocycles. The molecule has 0 bridgehead atoms. The second kappa shape index (κ2) is 5.94. The minimum absolute atomic E-state index is 1.27. The van der Waals surface area contributed by atoms with Crippen LogP contribution in [0, 0.1) is 0 Å². The van der Waals surface area contributed by atoms with Crippen molar-refractivity contribution in [1.82, 2.24) is 0 Å². The SMILES string of the molecule is c1ccc(-c2c3c(ccc4ccccc43)cc3ccc4ccccc4c23)cc1. The number of benzene rings is 6. The highest BCUT2D eigenvalue weighted by atomic mass is 14.2. The van der Waals surface area contributed by atoms with Gasteiger partial charge in [-0.25, -0.2) is 0 Å². The number of fused-ring (bicyclic) bond motifs is 6. The zero-order valence-corrected chi connectivity index (χ0v) is 15.4. The molecule has 28 heavy (non-hydrogen) atoms. The average Bonchev–Trinajstić information content (AvgIpc) is 2.78. The predicted octanol–water partition coefficient (Wildman–Crippen LogP) is 7.97. The van der Waals surface area contributed by atoms with E-state index in [1.165, 1.54) is 54.2 Å². The van der Waals surface area contributed by atoms with E-state index in [1.807, 2.05) is 0 Å². The van der Waals surface area contributed by atoms with E-state index in [1.54, 1.807) is 0 Å². The smallest absolute Gasteiger partial charge is 0.00143 e. The van der Waals surface area contributed by atoms with Gasteiger partial charge in [-0.3, -0.25) is 0 Å². The third kappa shape index (κ3) is 2.18. The highest BCUT2D eigenvalue weighted by molar-refractivity contribution is 6.27. The summed E-state index contributed by atoms with van der Waals surface area (Å²) in [6.07, 6.45) is 0. The van der Waals surface area contributed by atoms with Crippen molar-refractivity contribution < 1.29 is 0 Å². The Morgan fingerprint density at radius 2 is 0.821 bits per heavy atom. The molecule has 0 heteroatoms. The molecular formula is C28H18. The second-order valence-corrected chi connectivity index (χ2v) is 7.39. The lowest BCUT2D eigenvalue weighted by atomic mass is 9.87. The Hall–Kier alpha value is -3.64. The molecule has 0 aliphatic carbocycles. The lowest BCUT2D eigenvalue weighted by molar-refractivity contribution is 1.68. The van der Waals surface area contributed by atoms with Crippen LogP contribution in [0.25, 0.3) is 54.2 Å². The second-order valence-electron chi connectivity index (χ2n) is 7.39. The van der Waals surface area contributed by atoms with Crippen molar-refractivity contribution in [2.24, 2.45) is 0 Å². The van der Waals surface area contributed by atoms with Gasteiger partial charge in [-0.1, -0.05) is 103 Å². The van der Waals surface area contributed by atoms with Crippen LogP contribution < -0.4 is 0 Å². The van der Waals surface area contributed by atoms with Crippen molar-refractivity contribution in [3.63, 3.8) is 0 Å². The molecule has 0 nitrogen and oxygen atoms in total. The zero-order chi connectivity index (χ0) is 18.5. The molecule has 0 spiro atoms. The van der Waals surface area contributed by atoms with Gasteiger partial charge in [0.25, 0.3) is 0 Å². The minimum atomic E-state index is 1.27. The van der Waals surface area contributed by atoms with E-state index >= 15 is 0 Å².